The van der Waals surface area contributed by atoms with E-state index in [1.165, 1.54) is 4.57 Å². The van der Waals surface area contributed by atoms with Gasteiger partial charge in [0.05, 0.1) is 26.6 Å². The molecule has 0 saturated carbocycles. The number of hydrogen-bond acceptors (Lipinski definition) is 2. The van der Waals surface area contributed by atoms with E-state index in [1.807, 2.05) is 18.2 Å². The average Bonchev–Trinajstić information content (AvgIpc) is 2.43. The van der Waals surface area contributed by atoms with Gasteiger partial charge in [0.15, 0.2) is 0 Å². The van der Waals surface area contributed by atoms with E-state index < -0.39 is 0 Å². The molecule has 0 aliphatic heterocycles. The Balaban J connectivity index is 2.46. The summed E-state index contributed by atoms with van der Waals surface area (Å²) in [5.74, 6) is 0.545. The number of aromatic nitrogens is 2. The Hall–Kier alpha value is -1.11. The van der Waals surface area contributed by atoms with Crippen molar-refractivity contribution in [1.82, 2.24) is 9.55 Å². The van der Waals surface area contributed by atoms with Crippen molar-refractivity contribution in [3.05, 3.63) is 66.2 Å². The second-order valence-electron chi connectivity index (χ2n) is 4.53. The lowest BCUT2D eigenvalue weighted by Crippen LogP contribution is -2.23. The summed E-state index contributed by atoms with van der Waals surface area (Å²) in [5, 5.41) is 1.38. The van der Waals surface area contributed by atoms with Crippen LogP contribution in [0, 0.1) is 10.5 Å². The van der Waals surface area contributed by atoms with Crippen LogP contribution in [0.4, 0.5) is 0 Å². The van der Waals surface area contributed by atoms with Gasteiger partial charge in [0.25, 0.3) is 5.56 Å². The van der Waals surface area contributed by atoms with Gasteiger partial charge in [-0.25, -0.2) is 4.98 Å². The molecule has 0 spiro atoms. The molecule has 1 aromatic heterocycles. The first-order chi connectivity index (χ1) is 9.99. The van der Waals surface area contributed by atoms with Gasteiger partial charge in [0.1, 0.15) is 5.82 Å². The minimum Gasteiger partial charge on any atom is -0.268 e. The number of para-hydroxylation sites is 1. The molecule has 3 aromatic rings. The Morgan fingerprint density at radius 2 is 1.81 bits per heavy atom. The van der Waals surface area contributed by atoms with Crippen molar-refractivity contribution in [3.63, 3.8) is 0 Å². The fourth-order valence-corrected chi connectivity index (χ4v) is 3.29. The molecule has 106 valence electrons. The summed E-state index contributed by atoms with van der Waals surface area (Å²) >= 11 is 14.6. The fraction of sp³-hybridized carbons (Fsp3) is 0.0667. The molecular formula is C15H9Cl2IN2O. The zero-order valence-electron chi connectivity index (χ0n) is 10.9. The highest BCUT2D eigenvalue weighted by molar-refractivity contribution is 14.1. The molecule has 21 heavy (non-hydrogen) atoms. The molecule has 0 aliphatic carbocycles. The van der Waals surface area contributed by atoms with E-state index in [1.54, 1.807) is 25.1 Å². The topological polar surface area (TPSA) is 34.9 Å². The van der Waals surface area contributed by atoms with Crippen LogP contribution in [0.15, 0.2) is 41.2 Å². The van der Waals surface area contributed by atoms with E-state index >= 15 is 0 Å². The van der Waals surface area contributed by atoms with Crippen molar-refractivity contribution in [2.45, 2.75) is 6.92 Å². The Labute approximate surface area is 144 Å². The van der Waals surface area contributed by atoms with Gasteiger partial charge in [-0.05, 0) is 59.8 Å². The van der Waals surface area contributed by atoms with Crippen LogP contribution in [-0.4, -0.2) is 9.55 Å². The molecule has 3 rings (SSSR count). The Kier molecular flexibility index (Phi) is 3.94. The molecule has 0 atom stereocenters. The molecular weight excluding hydrogens is 422 g/mol. The molecule has 3 nitrogen and oxygen atoms in total. The first-order valence-electron chi connectivity index (χ1n) is 6.12. The molecule has 0 fully saturated rings. The number of nitrogens with zero attached hydrogens (tertiary/aromatic N) is 2. The molecule has 1 heterocycles. The van der Waals surface area contributed by atoms with Crippen molar-refractivity contribution < 1.29 is 0 Å². The summed E-state index contributed by atoms with van der Waals surface area (Å²) in [4.78, 5) is 17.3. The van der Waals surface area contributed by atoms with Crippen LogP contribution in [0.5, 0.6) is 0 Å². The zero-order chi connectivity index (χ0) is 15.1. The van der Waals surface area contributed by atoms with Gasteiger partial charge in [-0.15, -0.1) is 0 Å². The van der Waals surface area contributed by atoms with Gasteiger partial charge < -0.3 is 0 Å². The normalized spacial score (nSPS) is 11.0. The number of benzene rings is 2. The fourth-order valence-electron chi connectivity index (χ4n) is 2.23. The maximum absolute atomic E-state index is 12.8. The Morgan fingerprint density at radius 3 is 2.48 bits per heavy atom. The van der Waals surface area contributed by atoms with E-state index in [2.05, 4.69) is 27.6 Å². The summed E-state index contributed by atoms with van der Waals surface area (Å²) in [6.07, 6.45) is 0. The number of rotatable bonds is 1. The predicted molar refractivity (Wildman–Crippen MR) is 94.8 cm³/mol. The average molecular weight is 431 g/mol. The van der Waals surface area contributed by atoms with Gasteiger partial charge in [0.2, 0.25) is 0 Å². The van der Waals surface area contributed by atoms with Crippen molar-refractivity contribution in [2.75, 3.05) is 0 Å². The minimum atomic E-state index is -0.175. The van der Waals surface area contributed by atoms with Gasteiger partial charge in [-0.3, -0.25) is 9.36 Å². The number of fused-ring (bicyclic) bond motifs is 1. The lowest BCUT2D eigenvalue weighted by atomic mass is 10.2. The molecule has 0 saturated heterocycles. The van der Waals surface area contributed by atoms with Crippen LogP contribution >= 0.6 is 45.8 Å². The lowest BCUT2D eigenvalue weighted by molar-refractivity contribution is 0.895. The number of aryl methyl sites for hydroxylation is 1. The van der Waals surface area contributed by atoms with E-state index in [0.29, 0.717) is 32.5 Å². The minimum absolute atomic E-state index is 0.175. The molecule has 0 amide bonds. The standard InChI is InChI=1S/C15H9Cl2IN2O/c1-8-19-13-6-5-9(18)7-10(13)15(21)20(8)14-11(16)3-2-4-12(14)17/h2-7H,1H3. The van der Waals surface area contributed by atoms with Gasteiger partial charge in [-0.2, -0.15) is 0 Å². The maximum atomic E-state index is 12.8. The first kappa shape index (κ1) is 14.8. The highest BCUT2D eigenvalue weighted by atomic mass is 127. The SMILES string of the molecule is Cc1nc2ccc(I)cc2c(=O)n1-c1c(Cl)cccc1Cl. The molecule has 0 N–H and O–H groups in total. The zero-order valence-corrected chi connectivity index (χ0v) is 14.6. The summed E-state index contributed by atoms with van der Waals surface area (Å²) in [7, 11) is 0. The van der Waals surface area contributed by atoms with Crippen LogP contribution in [0.1, 0.15) is 5.82 Å². The quantitative estimate of drug-likeness (QED) is 0.528. The maximum Gasteiger partial charge on any atom is 0.266 e. The van der Waals surface area contributed by atoms with Crippen LogP contribution in [0.25, 0.3) is 16.6 Å². The van der Waals surface area contributed by atoms with Crippen molar-refractivity contribution >= 4 is 56.7 Å². The third-order valence-corrected chi connectivity index (χ3v) is 4.44. The largest absolute Gasteiger partial charge is 0.268 e. The lowest BCUT2D eigenvalue weighted by Gasteiger charge is -2.13. The first-order valence-corrected chi connectivity index (χ1v) is 7.96. The Morgan fingerprint density at radius 1 is 1.14 bits per heavy atom. The highest BCUT2D eigenvalue weighted by Gasteiger charge is 2.15. The van der Waals surface area contributed by atoms with Crippen molar-refractivity contribution in [3.8, 4) is 5.69 Å². The molecule has 2 aromatic carbocycles. The van der Waals surface area contributed by atoms with E-state index in [9.17, 15) is 4.79 Å². The second-order valence-corrected chi connectivity index (χ2v) is 6.59. The predicted octanol–water partition coefficient (Wildman–Crippen LogP) is 4.61. The Bertz CT molecular complexity index is 901. The highest BCUT2D eigenvalue weighted by Crippen LogP contribution is 2.28. The molecule has 0 radical (unpaired) electrons. The van der Waals surface area contributed by atoms with Crippen molar-refractivity contribution in [1.29, 1.82) is 0 Å². The van der Waals surface area contributed by atoms with Gasteiger partial charge >= 0.3 is 0 Å². The summed E-state index contributed by atoms with van der Waals surface area (Å²) < 4.78 is 2.43. The molecule has 0 unspecified atom stereocenters. The summed E-state index contributed by atoms with van der Waals surface area (Å²) in [5.41, 5.74) is 0.958. The third-order valence-electron chi connectivity index (χ3n) is 3.16. The van der Waals surface area contributed by atoms with Crippen LogP contribution in [0.3, 0.4) is 0 Å². The molecule has 6 heteroatoms. The van der Waals surface area contributed by atoms with E-state index in [0.717, 1.165) is 3.57 Å². The van der Waals surface area contributed by atoms with E-state index in [-0.39, 0.29) is 5.56 Å². The van der Waals surface area contributed by atoms with Crippen LogP contribution < -0.4 is 5.56 Å². The van der Waals surface area contributed by atoms with Crippen LogP contribution in [-0.2, 0) is 0 Å². The molecule has 0 bridgehead atoms. The summed E-state index contributed by atoms with van der Waals surface area (Å²) in [6, 6.07) is 10.7. The second kappa shape index (κ2) is 5.59. The third kappa shape index (κ3) is 2.56. The van der Waals surface area contributed by atoms with Crippen molar-refractivity contribution in [2.24, 2.45) is 0 Å². The summed E-state index contributed by atoms with van der Waals surface area (Å²) in [6.45, 7) is 1.76. The van der Waals surface area contributed by atoms with Gasteiger partial charge in [0, 0.05) is 3.57 Å². The monoisotopic (exact) mass is 430 g/mol. The molecule has 0 aliphatic rings. The van der Waals surface area contributed by atoms with Gasteiger partial charge in [-0.1, -0.05) is 29.3 Å². The number of hydrogen-bond donors (Lipinski definition) is 0. The smallest absolute Gasteiger partial charge is 0.266 e. The number of halogens is 3. The van der Waals surface area contributed by atoms with Crippen LogP contribution in [0.2, 0.25) is 10.0 Å². The van der Waals surface area contributed by atoms with E-state index in [4.69, 9.17) is 23.2 Å².